The van der Waals surface area contributed by atoms with Crippen LogP contribution in [-0.2, 0) is 14.6 Å². The molecule has 1 aromatic rings. The number of carboxylic acid groups (broad SMARTS) is 1. The van der Waals surface area contributed by atoms with E-state index in [1.165, 1.54) is 13.0 Å². The first-order valence-electron chi connectivity index (χ1n) is 5.54. The van der Waals surface area contributed by atoms with Gasteiger partial charge in [-0.3, -0.25) is 0 Å². The van der Waals surface area contributed by atoms with Gasteiger partial charge in [0, 0.05) is 5.92 Å². The largest absolute Gasteiger partial charge is 0.479 e. The van der Waals surface area contributed by atoms with E-state index in [9.17, 15) is 18.3 Å². The monoisotopic (exact) mass is 270 g/mol. The maximum atomic E-state index is 11.9. The zero-order chi connectivity index (χ0) is 13.6. The van der Waals surface area contributed by atoms with Crippen molar-refractivity contribution in [1.82, 2.24) is 0 Å². The highest BCUT2D eigenvalue weighted by Crippen LogP contribution is 2.40. The van der Waals surface area contributed by atoms with Crippen molar-refractivity contribution in [3.05, 3.63) is 29.8 Å². The molecule has 18 heavy (non-hydrogen) atoms. The number of aliphatic carboxylic acids is 1. The highest BCUT2D eigenvalue weighted by atomic mass is 32.2. The van der Waals surface area contributed by atoms with E-state index in [4.69, 9.17) is 5.11 Å². The molecule has 1 aliphatic rings. The molecule has 6 heteroatoms. The lowest BCUT2D eigenvalue weighted by molar-refractivity contribution is -0.159. The van der Waals surface area contributed by atoms with E-state index < -0.39 is 27.3 Å². The molecule has 0 aliphatic carbocycles. The second-order valence-electron chi connectivity index (χ2n) is 4.65. The van der Waals surface area contributed by atoms with Crippen LogP contribution in [0.1, 0.15) is 24.8 Å². The van der Waals surface area contributed by atoms with Crippen LogP contribution in [-0.4, -0.2) is 36.0 Å². The Morgan fingerprint density at radius 3 is 2.61 bits per heavy atom. The van der Waals surface area contributed by atoms with Crippen molar-refractivity contribution in [2.45, 2.75) is 29.8 Å². The van der Waals surface area contributed by atoms with Crippen LogP contribution >= 0.6 is 0 Å². The summed E-state index contributed by atoms with van der Waals surface area (Å²) in [5, 5.41) is 19.1. The fraction of sp³-hybridized carbons (Fsp3) is 0.417. The molecule has 2 atom stereocenters. The first-order valence-corrected chi connectivity index (χ1v) is 7.19. The maximum absolute atomic E-state index is 11.9. The summed E-state index contributed by atoms with van der Waals surface area (Å²) in [6.45, 7) is 1.20. The van der Waals surface area contributed by atoms with Crippen molar-refractivity contribution < 1.29 is 23.4 Å². The third kappa shape index (κ3) is 1.91. The normalized spacial score (nSPS) is 24.9. The lowest BCUT2D eigenvalue weighted by atomic mass is 9.81. The van der Waals surface area contributed by atoms with Crippen LogP contribution in [0.4, 0.5) is 0 Å². The molecule has 0 aromatic heterocycles. The fourth-order valence-electron chi connectivity index (χ4n) is 2.32. The molecule has 0 saturated carbocycles. The molecule has 0 spiro atoms. The Morgan fingerprint density at radius 1 is 1.39 bits per heavy atom. The molecular formula is C12H14O5S. The SMILES string of the molecule is CC(O)(C(=O)O)C1CCS(=O)(=O)c2ccccc21. The topological polar surface area (TPSA) is 91.7 Å². The molecule has 0 radical (unpaired) electrons. The minimum Gasteiger partial charge on any atom is -0.479 e. The van der Waals surface area contributed by atoms with Crippen molar-refractivity contribution in [3.63, 3.8) is 0 Å². The van der Waals surface area contributed by atoms with Crippen LogP contribution in [0.3, 0.4) is 0 Å². The summed E-state index contributed by atoms with van der Waals surface area (Å²) < 4.78 is 23.8. The summed E-state index contributed by atoms with van der Waals surface area (Å²) in [6, 6.07) is 6.25. The Labute approximate surface area is 105 Å². The Bertz CT molecular complexity index is 588. The van der Waals surface area contributed by atoms with Crippen molar-refractivity contribution in [1.29, 1.82) is 0 Å². The smallest absolute Gasteiger partial charge is 0.336 e. The molecular weight excluding hydrogens is 256 g/mol. The summed E-state index contributed by atoms with van der Waals surface area (Å²) >= 11 is 0. The quantitative estimate of drug-likeness (QED) is 0.828. The van der Waals surface area contributed by atoms with E-state index in [0.29, 0.717) is 5.56 Å². The molecule has 1 aliphatic heterocycles. The molecule has 2 rings (SSSR count). The van der Waals surface area contributed by atoms with E-state index in [1.54, 1.807) is 18.2 Å². The Hall–Kier alpha value is -1.40. The molecule has 2 N–H and O–H groups in total. The number of benzene rings is 1. The van der Waals surface area contributed by atoms with E-state index >= 15 is 0 Å². The van der Waals surface area contributed by atoms with Gasteiger partial charge >= 0.3 is 5.97 Å². The van der Waals surface area contributed by atoms with E-state index in [1.807, 2.05) is 0 Å². The van der Waals surface area contributed by atoms with Crippen LogP contribution in [0.25, 0.3) is 0 Å². The number of aliphatic hydroxyl groups is 1. The van der Waals surface area contributed by atoms with Gasteiger partial charge in [-0.25, -0.2) is 13.2 Å². The van der Waals surface area contributed by atoms with Crippen molar-refractivity contribution in [2.75, 3.05) is 5.75 Å². The molecule has 1 aromatic carbocycles. The fourth-order valence-corrected chi connectivity index (χ4v) is 3.94. The van der Waals surface area contributed by atoms with Crippen LogP contribution in [0, 0.1) is 0 Å². The zero-order valence-electron chi connectivity index (χ0n) is 9.83. The molecule has 0 saturated heterocycles. The molecule has 0 bridgehead atoms. The van der Waals surface area contributed by atoms with E-state index in [-0.39, 0.29) is 17.1 Å². The summed E-state index contributed by atoms with van der Waals surface area (Å²) in [5.41, 5.74) is -1.58. The third-order valence-corrected chi connectivity index (χ3v) is 5.23. The second kappa shape index (κ2) is 4.07. The van der Waals surface area contributed by atoms with E-state index in [0.717, 1.165) is 0 Å². The molecule has 0 fully saturated rings. The van der Waals surface area contributed by atoms with Crippen LogP contribution in [0.5, 0.6) is 0 Å². The van der Waals surface area contributed by atoms with Crippen LogP contribution < -0.4 is 0 Å². The van der Waals surface area contributed by atoms with Gasteiger partial charge in [0.1, 0.15) is 0 Å². The first kappa shape index (κ1) is 13.0. The van der Waals surface area contributed by atoms with Gasteiger partial charge in [-0.2, -0.15) is 0 Å². The highest BCUT2D eigenvalue weighted by molar-refractivity contribution is 7.91. The summed E-state index contributed by atoms with van der Waals surface area (Å²) in [4.78, 5) is 11.2. The minimum absolute atomic E-state index is 0.110. The highest BCUT2D eigenvalue weighted by Gasteiger charge is 2.45. The van der Waals surface area contributed by atoms with Gasteiger partial charge < -0.3 is 10.2 Å². The predicted molar refractivity (Wildman–Crippen MR) is 64.1 cm³/mol. The van der Waals surface area contributed by atoms with Gasteiger partial charge in [0.2, 0.25) is 0 Å². The number of hydrogen-bond donors (Lipinski definition) is 2. The lowest BCUT2D eigenvalue weighted by Gasteiger charge is -2.33. The first-order chi connectivity index (χ1) is 8.27. The van der Waals surface area contributed by atoms with Gasteiger partial charge in [-0.1, -0.05) is 18.2 Å². The average molecular weight is 270 g/mol. The standard InChI is InChI=1S/C12H14O5S/c1-12(15,11(13)14)9-6-7-18(16,17)10-5-3-2-4-8(9)10/h2-5,9,15H,6-7H2,1H3,(H,13,14). The van der Waals surface area contributed by atoms with Crippen LogP contribution in [0.2, 0.25) is 0 Å². The molecule has 5 nitrogen and oxygen atoms in total. The molecule has 0 amide bonds. The predicted octanol–water partition coefficient (Wildman–Crippen LogP) is 0.783. The van der Waals surface area contributed by atoms with Gasteiger partial charge in [0.15, 0.2) is 15.4 Å². The number of rotatable bonds is 2. The maximum Gasteiger partial charge on any atom is 0.336 e. The van der Waals surface area contributed by atoms with Crippen LogP contribution in [0.15, 0.2) is 29.2 Å². The number of carbonyl (C=O) groups is 1. The second-order valence-corrected chi connectivity index (χ2v) is 6.73. The average Bonchev–Trinajstić information content (AvgIpc) is 2.28. The minimum atomic E-state index is -3.36. The van der Waals surface area contributed by atoms with Gasteiger partial charge in [0.05, 0.1) is 10.6 Å². The van der Waals surface area contributed by atoms with Crippen molar-refractivity contribution in [3.8, 4) is 0 Å². The van der Waals surface area contributed by atoms with Gasteiger partial charge in [0.25, 0.3) is 0 Å². The summed E-state index contributed by atoms with van der Waals surface area (Å²) in [7, 11) is -3.36. The van der Waals surface area contributed by atoms with Crippen molar-refractivity contribution in [2.24, 2.45) is 0 Å². The number of carboxylic acids is 1. The number of hydrogen-bond acceptors (Lipinski definition) is 4. The van der Waals surface area contributed by atoms with Gasteiger partial charge in [-0.15, -0.1) is 0 Å². The molecule has 1 heterocycles. The molecule has 98 valence electrons. The zero-order valence-corrected chi connectivity index (χ0v) is 10.6. The third-order valence-electron chi connectivity index (χ3n) is 3.42. The Kier molecular flexibility index (Phi) is 2.95. The summed E-state index contributed by atoms with van der Waals surface area (Å²) in [6.07, 6.45) is 0.110. The van der Waals surface area contributed by atoms with Gasteiger partial charge in [-0.05, 0) is 25.0 Å². The van der Waals surface area contributed by atoms with E-state index in [2.05, 4.69) is 0 Å². The number of fused-ring (bicyclic) bond motifs is 1. The lowest BCUT2D eigenvalue weighted by Crippen LogP contribution is -2.44. The Balaban J connectivity index is 2.60. The molecule has 2 unspecified atom stereocenters. The van der Waals surface area contributed by atoms with Crippen molar-refractivity contribution >= 4 is 15.8 Å². The summed E-state index contributed by atoms with van der Waals surface area (Å²) in [5.74, 6) is -2.20. The Morgan fingerprint density at radius 2 is 2.00 bits per heavy atom. The number of sulfone groups is 1.